The van der Waals surface area contributed by atoms with Crippen LogP contribution in [0.25, 0.3) is 96.8 Å². The molecular formula is C44H26OS. The summed E-state index contributed by atoms with van der Waals surface area (Å²) in [5.74, 6) is 0. The molecule has 0 radical (unpaired) electrons. The molecule has 0 saturated carbocycles. The number of hydrogen-bond acceptors (Lipinski definition) is 2. The second kappa shape index (κ2) is 9.90. The van der Waals surface area contributed by atoms with E-state index in [4.69, 9.17) is 4.42 Å². The van der Waals surface area contributed by atoms with Gasteiger partial charge in [0, 0.05) is 31.1 Å². The lowest BCUT2D eigenvalue weighted by Crippen LogP contribution is -1.92. The van der Waals surface area contributed by atoms with E-state index in [1.165, 1.54) is 80.3 Å². The maximum atomic E-state index is 6.47. The average molecular weight is 603 g/mol. The van der Waals surface area contributed by atoms with Crippen molar-refractivity contribution in [3.05, 3.63) is 158 Å². The monoisotopic (exact) mass is 602 g/mol. The predicted octanol–water partition coefficient (Wildman–Crippen LogP) is 13.3. The van der Waals surface area contributed by atoms with Crippen LogP contribution in [-0.4, -0.2) is 0 Å². The largest absolute Gasteiger partial charge is 0.463 e. The van der Waals surface area contributed by atoms with Crippen LogP contribution in [0.2, 0.25) is 0 Å². The summed E-state index contributed by atoms with van der Waals surface area (Å²) in [6, 6.07) is 55.1. The molecule has 0 fully saturated rings. The van der Waals surface area contributed by atoms with Gasteiger partial charge in [-0.15, -0.1) is 11.3 Å². The molecule has 0 aliphatic carbocycles. The van der Waals surface area contributed by atoms with E-state index in [2.05, 4.69) is 152 Å². The molecule has 0 bridgehead atoms. The van der Waals surface area contributed by atoms with Crippen molar-refractivity contribution < 1.29 is 4.42 Å². The summed E-state index contributed by atoms with van der Waals surface area (Å²) in [4.78, 5) is 0. The average Bonchev–Trinajstić information content (AvgIpc) is 3.73. The van der Waals surface area contributed by atoms with E-state index in [1.54, 1.807) is 0 Å². The maximum Gasteiger partial charge on any atom is 0.143 e. The number of hydrogen-bond donors (Lipinski definition) is 0. The third-order valence-corrected chi connectivity index (χ3v) is 10.7. The van der Waals surface area contributed by atoms with Gasteiger partial charge in [0.15, 0.2) is 0 Å². The van der Waals surface area contributed by atoms with Crippen molar-refractivity contribution in [1.29, 1.82) is 0 Å². The molecule has 10 aromatic rings. The molecule has 0 amide bonds. The number of rotatable bonds is 3. The normalized spacial score (nSPS) is 11.9. The van der Waals surface area contributed by atoms with Gasteiger partial charge in [0.1, 0.15) is 5.58 Å². The summed E-state index contributed by atoms with van der Waals surface area (Å²) < 4.78 is 8.98. The minimum Gasteiger partial charge on any atom is -0.463 e. The van der Waals surface area contributed by atoms with Crippen molar-refractivity contribution in [2.24, 2.45) is 0 Å². The molecule has 1 nitrogen and oxygen atoms in total. The molecule has 2 aromatic heterocycles. The minimum absolute atomic E-state index is 0.955. The van der Waals surface area contributed by atoms with Crippen LogP contribution in [0.3, 0.4) is 0 Å². The summed E-state index contributed by atoms with van der Waals surface area (Å²) in [5.41, 5.74) is 8.32. The zero-order valence-corrected chi connectivity index (χ0v) is 25.6. The highest BCUT2D eigenvalue weighted by molar-refractivity contribution is 7.26. The van der Waals surface area contributed by atoms with Crippen molar-refractivity contribution >= 4 is 74.8 Å². The topological polar surface area (TPSA) is 13.1 Å². The highest BCUT2D eigenvalue weighted by Gasteiger charge is 2.22. The Labute approximate surface area is 269 Å². The molecule has 0 aliphatic heterocycles. The summed E-state index contributed by atoms with van der Waals surface area (Å²) in [6.07, 6.45) is 1.93. The third kappa shape index (κ3) is 3.62. The SMILES string of the molecule is c1ccc(-c2coc3c2ccc2sc4cccc(-c5c6ccccc6c(-c6cccc7ccccc67)c6ccccc56)c4c23)cc1. The second-order valence-corrected chi connectivity index (χ2v) is 13.1. The van der Waals surface area contributed by atoms with Crippen LogP contribution in [0, 0.1) is 0 Å². The minimum atomic E-state index is 0.955. The van der Waals surface area contributed by atoms with Crippen LogP contribution in [0.15, 0.2) is 162 Å². The van der Waals surface area contributed by atoms with Crippen molar-refractivity contribution in [3.63, 3.8) is 0 Å². The lowest BCUT2D eigenvalue weighted by atomic mass is 9.84. The van der Waals surface area contributed by atoms with Crippen molar-refractivity contribution in [2.75, 3.05) is 0 Å². The molecule has 46 heavy (non-hydrogen) atoms. The summed E-state index contributed by atoms with van der Waals surface area (Å²) in [5, 5.41) is 11.2. The van der Waals surface area contributed by atoms with Gasteiger partial charge in [-0.2, -0.15) is 0 Å². The van der Waals surface area contributed by atoms with Crippen LogP contribution in [0.4, 0.5) is 0 Å². The van der Waals surface area contributed by atoms with E-state index in [9.17, 15) is 0 Å². The van der Waals surface area contributed by atoms with E-state index in [1.807, 2.05) is 17.6 Å². The van der Waals surface area contributed by atoms with Crippen LogP contribution in [0.5, 0.6) is 0 Å². The molecule has 8 aromatic carbocycles. The smallest absolute Gasteiger partial charge is 0.143 e. The lowest BCUT2D eigenvalue weighted by Gasteiger charge is -2.19. The molecule has 0 N–H and O–H groups in total. The first-order valence-electron chi connectivity index (χ1n) is 15.7. The number of fused-ring (bicyclic) bond motifs is 8. The van der Waals surface area contributed by atoms with Crippen LogP contribution in [-0.2, 0) is 0 Å². The quantitative estimate of drug-likeness (QED) is 0.183. The Morgan fingerprint density at radius 1 is 0.370 bits per heavy atom. The van der Waals surface area contributed by atoms with Crippen molar-refractivity contribution in [1.82, 2.24) is 0 Å². The predicted molar refractivity (Wildman–Crippen MR) is 198 cm³/mol. The lowest BCUT2D eigenvalue weighted by molar-refractivity contribution is 0.620. The van der Waals surface area contributed by atoms with Crippen molar-refractivity contribution in [3.8, 4) is 33.4 Å². The molecule has 2 heterocycles. The van der Waals surface area contributed by atoms with Crippen LogP contribution < -0.4 is 0 Å². The molecule has 2 heteroatoms. The first-order chi connectivity index (χ1) is 22.8. The van der Waals surface area contributed by atoms with E-state index >= 15 is 0 Å². The Morgan fingerprint density at radius 2 is 0.935 bits per heavy atom. The molecule has 10 rings (SSSR count). The van der Waals surface area contributed by atoms with Gasteiger partial charge in [0.05, 0.1) is 6.26 Å². The highest BCUT2D eigenvalue weighted by Crippen LogP contribution is 2.50. The van der Waals surface area contributed by atoms with Gasteiger partial charge in [-0.25, -0.2) is 0 Å². The fraction of sp³-hybridized carbons (Fsp3) is 0. The molecule has 214 valence electrons. The standard InChI is InChI=1S/C44H26OS/c1-2-12-28(13-3-1)37-26-45-44-35(37)24-25-39-43(44)42-36(22-11-23-38(42)46-39)41-33-19-8-6-17-31(33)40(32-18-7-9-20-34(32)41)30-21-10-15-27-14-4-5-16-29(27)30/h1-26H. The van der Waals surface area contributed by atoms with E-state index < -0.39 is 0 Å². The summed E-state index contributed by atoms with van der Waals surface area (Å²) in [7, 11) is 0. The summed E-state index contributed by atoms with van der Waals surface area (Å²) in [6.45, 7) is 0. The second-order valence-electron chi connectivity index (χ2n) is 12.0. The third-order valence-electron chi connectivity index (χ3n) is 9.54. The van der Waals surface area contributed by atoms with Gasteiger partial charge >= 0.3 is 0 Å². The zero-order chi connectivity index (χ0) is 30.2. The molecular weight excluding hydrogens is 577 g/mol. The van der Waals surface area contributed by atoms with Gasteiger partial charge in [-0.05, 0) is 78.3 Å². The van der Waals surface area contributed by atoms with Gasteiger partial charge < -0.3 is 4.42 Å². The van der Waals surface area contributed by atoms with Gasteiger partial charge in [-0.3, -0.25) is 0 Å². The zero-order valence-electron chi connectivity index (χ0n) is 24.8. The maximum absolute atomic E-state index is 6.47. The Balaban J connectivity index is 1.35. The highest BCUT2D eigenvalue weighted by atomic mass is 32.1. The van der Waals surface area contributed by atoms with Gasteiger partial charge in [0.25, 0.3) is 0 Å². The first kappa shape index (κ1) is 25.6. The summed E-state index contributed by atoms with van der Waals surface area (Å²) >= 11 is 1.84. The number of furan rings is 1. The molecule has 0 saturated heterocycles. The first-order valence-corrected chi connectivity index (χ1v) is 16.5. The van der Waals surface area contributed by atoms with Gasteiger partial charge in [-0.1, -0.05) is 133 Å². The van der Waals surface area contributed by atoms with E-state index in [-0.39, 0.29) is 0 Å². The fourth-order valence-corrected chi connectivity index (χ4v) is 8.73. The van der Waals surface area contributed by atoms with Gasteiger partial charge in [0.2, 0.25) is 0 Å². The van der Waals surface area contributed by atoms with Crippen molar-refractivity contribution in [2.45, 2.75) is 0 Å². The molecule has 0 aliphatic rings. The Kier molecular flexibility index (Phi) is 5.51. The molecule has 0 unspecified atom stereocenters. The Bertz CT molecular complexity index is 2740. The van der Waals surface area contributed by atoms with E-state index in [0.29, 0.717) is 0 Å². The number of thiophene rings is 1. The molecule has 0 spiro atoms. The van der Waals surface area contributed by atoms with E-state index in [0.717, 1.165) is 16.5 Å². The fourth-order valence-electron chi connectivity index (χ4n) is 7.60. The number of benzene rings is 8. The Hall–Kier alpha value is -5.70. The Morgan fingerprint density at radius 3 is 1.67 bits per heavy atom. The van der Waals surface area contributed by atoms with Crippen LogP contribution in [0.1, 0.15) is 0 Å². The molecule has 0 atom stereocenters. The van der Waals surface area contributed by atoms with Crippen LogP contribution >= 0.6 is 11.3 Å².